The van der Waals surface area contributed by atoms with Crippen molar-refractivity contribution in [3.05, 3.63) is 34.9 Å². The van der Waals surface area contributed by atoms with Gasteiger partial charge in [-0.05, 0) is 24.5 Å². The van der Waals surface area contributed by atoms with Crippen LogP contribution in [0.3, 0.4) is 0 Å². The second kappa shape index (κ2) is 4.26. The van der Waals surface area contributed by atoms with Crippen molar-refractivity contribution in [1.82, 2.24) is 0 Å². The van der Waals surface area contributed by atoms with Gasteiger partial charge in [0.25, 0.3) is 0 Å². The van der Waals surface area contributed by atoms with E-state index < -0.39 is 7.14 Å². The van der Waals surface area contributed by atoms with Crippen LogP contribution in [-0.4, -0.2) is 38.5 Å². The van der Waals surface area contributed by atoms with E-state index in [-0.39, 0.29) is 0 Å². The smallest absolute Gasteiger partial charge is 0.104 e. The molecule has 1 aliphatic heterocycles. The minimum absolute atomic E-state index is 0.735. The predicted octanol–water partition coefficient (Wildman–Crippen LogP) is 2.94. The molecule has 0 N–H and O–H groups in total. The molecule has 0 saturated heterocycles. The maximum Gasteiger partial charge on any atom is 0.104 e. The quantitative estimate of drug-likeness (QED) is 0.584. The molecular weight excluding hydrogens is 229 g/mol. The second-order valence-electron chi connectivity index (χ2n) is 6.40. The first kappa shape index (κ1) is 12.9. The molecule has 2 nitrogen and oxygen atoms in total. The molecule has 0 bridgehead atoms. The van der Waals surface area contributed by atoms with Gasteiger partial charge in [0, 0.05) is 18.1 Å². The highest BCUT2D eigenvalue weighted by atomic mass is 31.2. The Morgan fingerprint density at radius 2 is 1.94 bits per heavy atom. The van der Waals surface area contributed by atoms with Crippen LogP contribution in [0.1, 0.15) is 16.7 Å². The summed E-state index contributed by atoms with van der Waals surface area (Å²) in [6, 6.07) is 6.66. The lowest BCUT2D eigenvalue weighted by Gasteiger charge is -2.35. The molecule has 1 aromatic rings. The first-order valence-corrected chi connectivity index (χ1v) is 9.01. The molecule has 17 heavy (non-hydrogen) atoms. The average molecular weight is 252 g/mol. The SMILES string of the molecule is C[N+]1(C)CCc2cc(CP(C)(C)=O)ccc2C1. The summed E-state index contributed by atoms with van der Waals surface area (Å²) < 4.78 is 12.9. The number of rotatable bonds is 2. The summed E-state index contributed by atoms with van der Waals surface area (Å²) in [5, 5.41) is 0. The molecule has 1 heterocycles. The third kappa shape index (κ3) is 3.43. The Hall–Kier alpha value is -0.590. The lowest BCUT2D eigenvalue weighted by Crippen LogP contribution is -2.43. The van der Waals surface area contributed by atoms with Crippen molar-refractivity contribution < 1.29 is 9.05 Å². The molecule has 3 heteroatoms. The lowest BCUT2D eigenvalue weighted by molar-refractivity contribution is -0.905. The minimum atomic E-state index is -1.95. The van der Waals surface area contributed by atoms with Crippen LogP contribution in [0.5, 0.6) is 0 Å². The van der Waals surface area contributed by atoms with Gasteiger partial charge in [0.05, 0.1) is 27.8 Å². The number of quaternary nitrogens is 1. The molecular formula is C14H23NOP+. The highest BCUT2D eigenvalue weighted by Gasteiger charge is 2.24. The second-order valence-corrected chi connectivity index (χ2v) is 9.87. The van der Waals surface area contributed by atoms with Gasteiger partial charge in [-0.2, -0.15) is 0 Å². The Morgan fingerprint density at radius 3 is 2.59 bits per heavy atom. The Kier molecular flexibility index (Phi) is 3.22. The van der Waals surface area contributed by atoms with Crippen molar-refractivity contribution in [3.63, 3.8) is 0 Å². The van der Waals surface area contributed by atoms with E-state index in [1.54, 1.807) is 0 Å². The van der Waals surface area contributed by atoms with E-state index in [9.17, 15) is 4.57 Å². The van der Waals surface area contributed by atoms with E-state index in [1.807, 2.05) is 13.3 Å². The van der Waals surface area contributed by atoms with Gasteiger partial charge in [0.15, 0.2) is 0 Å². The fourth-order valence-corrected chi connectivity index (χ4v) is 3.64. The van der Waals surface area contributed by atoms with E-state index in [2.05, 4.69) is 32.3 Å². The third-order valence-corrected chi connectivity index (χ3v) is 4.55. The summed E-state index contributed by atoms with van der Waals surface area (Å²) in [4.78, 5) is 0. The standard InChI is InChI=1S/C14H23NOP/c1-15(2)8-7-13-9-12(11-17(3,4)16)5-6-14(13)10-15/h5-6,9H,7-8,10-11H2,1-4H3/q+1. The third-order valence-electron chi connectivity index (χ3n) is 3.42. The molecule has 1 aliphatic rings. The maximum absolute atomic E-state index is 11.9. The van der Waals surface area contributed by atoms with Gasteiger partial charge in [-0.25, -0.2) is 0 Å². The molecule has 0 spiro atoms. The maximum atomic E-state index is 11.9. The molecule has 0 saturated carbocycles. The summed E-state index contributed by atoms with van der Waals surface area (Å²) in [5.74, 6) is 0. The van der Waals surface area contributed by atoms with Gasteiger partial charge in [-0.15, -0.1) is 0 Å². The van der Waals surface area contributed by atoms with Crippen LogP contribution in [0, 0.1) is 0 Å². The number of hydrogen-bond acceptors (Lipinski definition) is 1. The molecule has 0 aliphatic carbocycles. The summed E-state index contributed by atoms with van der Waals surface area (Å²) >= 11 is 0. The van der Waals surface area contributed by atoms with Crippen molar-refractivity contribution >= 4 is 7.14 Å². The highest BCUT2D eigenvalue weighted by molar-refractivity contribution is 7.61. The van der Waals surface area contributed by atoms with E-state index in [1.165, 1.54) is 23.2 Å². The van der Waals surface area contributed by atoms with Crippen molar-refractivity contribution in [2.75, 3.05) is 34.0 Å². The van der Waals surface area contributed by atoms with Gasteiger partial charge in [-0.1, -0.05) is 18.2 Å². The monoisotopic (exact) mass is 252 g/mol. The van der Waals surface area contributed by atoms with Crippen LogP contribution in [0.25, 0.3) is 0 Å². The Balaban J connectivity index is 2.25. The van der Waals surface area contributed by atoms with Crippen LogP contribution in [0.4, 0.5) is 0 Å². The van der Waals surface area contributed by atoms with Gasteiger partial charge in [0.2, 0.25) is 0 Å². The van der Waals surface area contributed by atoms with Gasteiger partial charge >= 0.3 is 0 Å². The molecule has 0 fully saturated rings. The number of likely N-dealkylation sites (N-methyl/N-ethyl adjacent to an activating group) is 1. The van der Waals surface area contributed by atoms with Gasteiger partial charge in [-0.3, -0.25) is 0 Å². The molecule has 1 aromatic carbocycles. The van der Waals surface area contributed by atoms with Crippen LogP contribution in [-0.2, 0) is 23.7 Å². The lowest BCUT2D eigenvalue weighted by atomic mass is 9.97. The van der Waals surface area contributed by atoms with Crippen LogP contribution < -0.4 is 0 Å². The normalized spacial score (nSPS) is 18.8. The highest BCUT2D eigenvalue weighted by Crippen LogP contribution is 2.40. The molecule has 0 aromatic heterocycles. The zero-order valence-corrected chi connectivity index (χ0v) is 12.3. The van der Waals surface area contributed by atoms with Crippen molar-refractivity contribution in [1.29, 1.82) is 0 Å². The van der Waals surface area contributed by atoms with Gasteiger partial charge in [0.1, 0.15) is 6.54 Å². The number of nitrogens with zero attached hydrogens (tertiary/aromatic N) is 1. The zero-order chi connectivity index (χ0) is 12.7. The molecule has 0 radical (unpaired) electrons. The summed E-state index contributed by atoms with van der Waals surface area (Å²) in [7, 11) is 2.61. The van der Waals surface area contributed by atoms with E-state index >= 15 is 0 Å². The van der Waals surface area contributed by atoms with Crippen LogP contribution in [0.15, 0.2) is 18.2 Å². The zero-order valence-electron chi connectivity index (χ0n) is 11.4. The summed E-state index contributed by atoms with van der Waals surface area (Å²) in [6.07, 6.45) is 1.88. The Bertz CT molecular complexity index is 473. The predicted molar refractivity (Wildman–Crippen MR) is 74.0 cm³/mol. The number of fused-ring (bicyclic) bond motifs is 1. The van der Waals surface area contributed by atoms with Crippen molar-refractivity contribution in [3.8, 4) is 0 Å². The van der Waals surface area contributed by atoms with E-state index in [0.717, 1.165) is 23.6 Å². The Morgan fingerprint density at radius 1 is 1.24 bits per heavy atom. The topological polar surface area (TPSA) is 17.1 Å². The average Bonchev–Trinajstić information content (AvgIpc) is 2.15. The fourth-order valence-electron chi connectivity index (χ4n) is 2.57. The van der Waals surface area contributed by atoms with E-state index in [4.69, 9.17) is 0 Å². The van der Waals surface area contributed by atoms with Crippen LogP contribution in [0.2, 0.25) is 0 Å². The number of benzene rings is 1. The summed E-state index contributed by atoms with van der Waals surface area (Å²) in [6.45, 7) is 6.05. The summed E-state index contributed by atoms with van der Waals surface area (Å²) in [5.41, 5.74) is 4.17. The van der Waals surface area contributed by atoms with Gasteiger partial charge < -0.3 is 9.05 Å². The largest absolute Gasteiger partial charge is 0.324 e. The first-order chi connectivity index (χ1) is 7.75. The minimum Gasteiger partial charge on any atom is -0.324 e. The van der Waals surface area contributed by atoms with E-state index in [0.29, 0.717) is 0 Å². The Labute approximate surface area is 105 Å². The molecule has 2 rings (SSSR count). The molecule has 0 unspecified atom stereocenters. The van der Waals surface area contributed by atoms with Crippen LogP contribution >= 0.6 is 7.14 Å². The molecule has 94 valence electrons. The number of hydrogen-bond donors (Lipinski definition) is 0. The molecule has 0 amide bonds. The molecule has 0 atom stereocenters. The van der Waals surface area contributed by atoms with Crippen molar-refractivity contribution in [2.24, 2.45) is 0 Å². The van der Waals surface area contributed by atoms with Crippen molar-refractivity contribution in [2.45, 2.75) is 19.1 Å². The fraction of sp³-hybridized carbons (Fsp3) is 0.571. The first-order valence-electron chi connectivity index (χ1n) is 6.22.